The first kappa shape index (κ1) is 8.54. The first-order valence-corrected chi connectivity index (χ1v) is 4.32. The molecule has 11 heavy (non-hydrogen) atoms. The molecule has 0 bridgehead atoms. The number of rotatable bonds is 0. The third-order valence-corrected chi connectivity index (χ3v) is 2.10. The Kier molecular flexibility index (Phi) is 2.50. The lowest BCUT2D eigenvalue weighted by Crippen LogP contribution is -2.23. The van der Waals surface area contributed by atoms with Crippen LogP contribution in [0.3, 0.4) is 0 Å². The van der Waals surface area contributed by atoms with Gasteiger partial charge >= 0.3 is 0 Å². The zero-order valence-corrected chi connectivity index (χ0v) is 8.40. The van der Waals surface area contributed by atoms with Gasteiger partial charge in [0.05, 0.1) is 0 Å². The van der Waals surface area contributed by atoms with Gasteiger partial charge in [0.15, 0.2) is 0 Å². The Hall–Kier alpha value is -0.560. The minimum absolute atomic E-state index is 1.09. The number of benzene rings is 1. The maximum Gasteiger partial charge on any atom is 0.0181 e. The fraction of sp³-hybridized carbons (Fsp3) is 0.200. The molecular weight excluding hydrogens is 200 g/mol. The maximum atomic E-state index is 3.94. The number of halogens is 1. The predicted octanol–water partition coefficient (Wildman–Crippen LogP) is 2.05. The monoisotopic (exact) mass is 210 g/mol. The lowest BCUT2D eigenvalue weighted by atomic mass is 10.2. The van der Waals surface area contributed by atoms with Crippen molar-refractivity contribution < 1.29 is 0 Å². The zero-order chi connectivity index (χ0) is 8.43. The van der Waals surface area contributed by atoms with Gasteiger partial charge in [0.25, 0.3) is 0 Å². The van der Waals surface area contributed by atoms with Gasteiger partial charge in [-0.3, -0.25) is 0 Å². The second-order valence-corrected chi connectivity index (χ2v) is 3.72. The molecule has 0 saturated carbocycles. The van der Waals surface area contributed by atoms with Crippen molar-refractivity contribution >= 4 is 28.1 Å². The van der Waals surface area contributed by atoms with Crippen LogP contribution in [0.4, 0.5) is 0 Å². The van der Waals surface area contributed by atoms with Gasteiger partial charge in [0, 0.05) is 4.47 Å². The van der Waals surface area contributed by atoms with Crippen LogP contribution in [0.15, 0.2) is 22.7 Å². The predicted molar refractivity (Wildman–Crippen MR) is 53.7 cm³/mol. The Morgan fingerprint density at radius 2 is 2.00 bits per heavy atom. The molecule has 58 valence electrons. The van der Waals surface area contributed by atoms with E-state index < -0.39 is 0 Å². The van der Waals surface area contributed by atoms with E-state index in [0.717, 1.165) is 9.69 Å². The highest BCUT2D eigenvalue weighted by molar-refractivity contribution is 9.10. The van der Waals surface area contributed by atoms with Gasteiger partial charge in [-0.1, -0.05) is 34.1 Å². The van der Waals surface area contributed by atoms with E-state index in [9.17, 15) is 0 Å². The third kappa shape index (κ3) is 1.93. The maximum absolute atomic E-state index is 3.94. The van der Waals surface area contributed by atoms with Gasteiger partial charge in [-0.25, -0.2) is 0 Å². The quantitative estimate of drug-likeness (QED) is 0.616. The normalized spacial score (nSPS) is 9.73. The molecule has 0 N–H and O–H groups in total. The van der Waals surface area contributed by atoms with Crippen LogP contribution in [0, 0.1) is 0 Å². The van der Waals surface area contributed by atoms with Crippen molar-refractivity contribution in [3.8, 4) is 0 Å². The van der Waals surface area contributed by atoms with Crippen molar-refractivity contribution in [1.82, 2.24) is 0 Å². The van der Waals surface area contributed by atoms with Crippen molar-refractivity contribution in [3.05, 3.63) is 33.1 Å². The summed E-state index contributed by atoms with van der Waals surface area (Å²) in [7, 11) is 0. The van der Waals surface area contributed by atoms with Crippen LogP contribution in [0.2, 0.25) is 0 Å². The highest BCUT2D eigenvalue weighted by Crippen LogP contribution is 2.02. The molecule has 0 aliphatic rings. The summed E-state index contributed by atoms with van der Waals surface area (Å²) < 4.78 is 1.11. The summed E-state index contributed by atoms with van der Waals surface area (Å²) in [4.78, 5) is 0. The molecule has 0 spiro atoms. The van der Waals surface area contributed by atoms with Crippen LogP contribution in [-0.4, -0.2) is 0 Å². The number of hydrogen-bond acceptors (Lipinski definition) is 0. The Balaban J connectivity index is 3.62. The summed E-state index contributed by atoms with van der Waals surface area (Å²) in [5.74, 6) is 0. The molecule has 0 aliphatic heterocycles. The molecule has 0 aromatic heterocycles. The van der Waals surface area contributed by atoms with Crippen LogP contribution in [0.5, 0.6) is 0 Å². The second kappa shape index (κ2) is 3.22. The van der Waals surface area contributed by atoms with Crippen LogP contribution >= 0.6 is 15.9 Å². The van der Waals surface area contributed by atoms with E-state index in [4.69, 9.17) is 0 Å². The molecule has 1 heteroatoms. The summed E-state index contributed by atoms with van der Waals surface area (Å²) in [6, 6.07) is 6.12. The average Bonchev–Trinajstić information content (AvgIpc) is 1.94. The van der Waals surface area contributed by atoms with Crippen molar-refractivity contribution in [2.24, 2.45) is 0 Å². The van der Waals surface area contributed by atoms with Gasteiger partial charge in [-0.05, 0) is 36.4 Å². The molecule has 0 atom stereocenters. The van der Waals surface area contributed by atoms with Crippen molar-refractivity contribution in [2.75, 3.05) is 0 Å². The largest absolute Gasteiger partial charge is 0.0912 e. The van der Waals surface area contributed by atoms with Gasteiger partial charge in [0.1, 0.15) is 0 Å². The Morgan fingerprint density at radius 1 is 1.36 bits per heavy atom. The molecule has 0 amide bonds. The molecule has 0 radical (unpaired) electrons. The van der Waals surface area contributed by atoms with E-state index in [-0.39, 0.29) is 0 Å². The molecular formula is C10H11Br. The molecule has 0 fully saturated rings. The SMILES string of the molecule is C=c1ccc(Br)cc1=C(C)C. The van der Waals surface area contributed by atoms with Crippen molar-refractivity contribution in [2.45, 2.75) is 13.8 Å². The van der Waals surface area contributed by atoms with Gasteiger partial charge in [-0.15, -0.1) is 0 Å². The molecule has 0 unspecified atom stereocenters. The topological polar surface area (TPSA) is 0 Å². The molecule has 1 rings (SSSR count). The zero-order valence-electron chi connectivity index (χ0n) is 6.82. The van der Waals surface area contributed by atoms with E-state index in [1.54, 1.807) is 0 Å². The van der Waals surface area contributed by atoms with Gasteiger partial charge < -0.3 is 0 Å². The highest BCUT2D eigenvalue weighted by atomic mass is 79.9. The molecule has 0 nitrogen and oxygen atoms in total. The lowest BCUT2D eigenvalue weighted by Gasteiger charge is -1.93. The van der Waals surface area contributed by atoms with E-state index in [1.165, 1.54) is 10.8 Å². The molecule has 1 aromatic rings. The van der Waals surface area contributed by atoms with Crippen LogP contribution in [-0.2, 0) is 0 Å². The van der Waals surface area contributed by atoms with Crippen molar-refractivity contribution in [1.29, 1.82) is 0 Å². The van der Waals surface area contributed by atoms with Gasteiger partial charge in [0.2, 0.25) is 0 Å². The van der Waals surface area contributed by atoms with E-state index in [0.29, 0.717) is 0 Å². The van der Waals surface area contributed by atoms with Crippen LogP contribution in [0.25, 0.3) is 12.2 Å². The first-order chi connectivity index (χ1) is 5.11. The molecule has 0 heterocycles. The fourth-order valence-corrected chi connectivity index (χ4v) is 1.38. The smallest absolute Gasteiger partial charge is 0.0181 e. The second-order valence-electron chi connectivity index (χ2n) is 2.80. The Bertz CT molecular complexity index is 359. The van der Waals surface area contributed by atoms with Gasteiger partial charge in [-0.2, -0.15) is 0 Å². The summed E-state index contributed by atoms with van der Waals surface area (Å²) >= 11 is 3.42. The lowest BCUT2D eigenvalue weighted by molar-refractivity contribution is 1.43. The average molecular weight is 211 g/mol. The third-order valence-electron chi connectivity index (χ3n) is 1.61. The van der Waals surface area contributed by atoms with Crippen LogP contribution in [0.1, 0.15) is 13.8 Å². The number of hydrogen-bond donors (Lipinski definition) is 0. The van der Waals surface area contributed by atoms with E-state index in [2.05, 4.69) is 42.4 Å². The van der Waals surface area contributed by atoms with E-state index in [1.807, 2.05) is 12.1 Å². The molecule has 0 saturated heterocycles. The molecule has 1 aromatic carbocycles. The van der Waals surface area contributed by atoms with E-state index >= 15 is 0 Å². The van der Waals surface area contributed by atoms with Crippen LogP contribution < -0.4 is 10.4 Å². The Morgan fingerprint density at radius 3 is 2.45 bits per heavy atom. The first-order valence-electron chi connectivity index (χ1n) is 3.53. The fourth-order valence-electron chi connectivity index (χ4n) is 1.01. The summed E-state index contributed by atoms with van der Waals surface area (Å²) in [5, 5.41) is 2.33. The standard InChI is InChI=1S/C10H11Br/c1-7(2)10-6-9(11)5-4-8(10)3/h4-6H,3H2,1-2H3. The van der Waals surface area contributed by atoms with Crippen molar-refractivity contribution in [3.63, 3.8) is 0 Å². The minimum atomic E-state index is 1.09. The summed E-state index contributed by atoms with van der Waals surface area (Å²) in [5.41, 5.74) is 1.30. The summed E-state index contributed by atoms with van der Waals surface area (Å²) in [6.45, 7) is 8.13. The Labute approximate surface area is 75.4 Å². The molecule has 0 aliphatic carbocycles. The minimum Gasteiger partial charge on any atom is -0.0912 e. The highest BCUT2D eigenvalue weighted by Gasteiger charge is 1.87. The summed E-state index contributed by atoms with van der Waals surface area (Å²) in [6.07, 6.45) is 0.